The summed E-state index contributed by atoms with van der Waals surface area (Å²) >= 11 is 0. The van der Waals surface area contributed by atoms with Crippen LogP contribution in [-0.4, -0.2) is 82.4 Å². The van der Waals surface area contributed by atoms with Crippen LogP contribution in [0.3, 0.4) is 0 Å². The zero-order valence-corrected chi connectivity index (χ0v) is 32.7. The lowest BCUT2D eigenvalue weighted by atomic mass is 9.93. The molecule has 6 N–H and O–H groups in total. The van der Waals surface area contributed by atoms with Crippen LogP contribution in [-0.2, 0) is 45.2 Å². The van der Waals surface area contributed by atoms with Gasteiger partial charge in [0, 0.05) is 32.0 Å². The molecule has 0 aliphatic carbocycles. The number of benzene rings is 3. The molecule has 0 unspecified atom stereocenters. The summed E-state index contributed by atoms with van der Waals surface area (Å²) < 4.78 is 12.5. The molecule has 4 rings (SSSR count). The Morgan fingerprint density at radius 1 is 0.732 bits per heavy atom. The van der Waals surface area contributed by atoms with E-state index in [-0.39, 0.29) is 37.3 Å². The number of alkyl carbamates (subject to hydrolysis) is 1. The van der Waals surface area contributed by atoms with Crippen LogP contribution in [0.5, 0.6) is 5.75 Å². The summed E-state index contributed by atoms with van der Waals surface area (Å²) in [5.41, 5.74) is 2.38. The first-order valence-corrected chi connectivity index (χ1v) is 18.8. The molecule has 0 saturated heterocycles. The number of methoxy groups -OCH3 is 1. The first-order chi connectivity index (χ1) is 26.9. The summed E-state index contributed by atoms with van der Waals surface area (Å²) in [6, 6.07) is 21.4. The highest BCUT2D eigenvalue weighted by atomic mass is 16.5. The molecule has 1 aromatic heterocycles. The fraction of sp³-hybridized carbons (Fsp3) is 0.405. The van der Waals surface area contributed by atoms with Crippen LogP contribution in [0.15, 0.2) is 104 Å². The van der Waals surface area contributed by atoms with E-state index in [2.05, 4.69) is 31.6 Å². The minimum Gasteiger partial charge on any atom is -0.497 e. The van der Waals surface area contributed by atoms with Crippen molar-refractivity contribution in [1.29, 1.82) is 0 Å². The van der Waals surface area contributed by atoms with E-state index in [1.807, 2.05) is 91.2 Å². The summed E-state index contributed by atoms with van der Waals surface area (Å²) in [7, 11) is 1.57. The molecule has 5 atom stereocenters. The molecular weight excluding hydrogens is 715 g/mol. The second-order valence-corrected chi connectivity index (χ2v) is 14.3. The van der Waals surface area contributed by atoms with E-state index in [0.29, 0.717) is 18.8 Å². The Labute approximate surface area is 328 Å². The maximum absolute atomic E-state index is 14.3. The van der Waals surface area contributed by atoms with Gasteiger partial charge < -0.3 is 40.4 Å². The van der Waals surface area contributed by atoms with Crippen LogP contribution in [0.2, 0.25) is 0 Å². The number of nitrogens with zero attached hydrogens (tertiary/aromatic N) is 2. The predicted octanol–water partition coefficient (Wildman–Crippen LogP) is 3.35. The van der Waals surface area contributed by atoms with Crippen LogP contribution in [0.1, 0.15) is 44.4 Å². The maximum Gasteiger partial charge on any atom is 0.408 e. The SMILES string of the molecule is COc1ccc(CN[C@@H](C(=O)N[C@H](C(=O)NCCn2ccnc2)C(C)C)[C@H](O)[C@H](Cc2ccccc2)NC(=O)[C@@H](NC(=O)OCc2ccccc2)C(C)C)cc1. The Kier molecular flexibility index (Phi) is 16.9. The first kappa shape index (κ1) is 43.0. The van der Waals surface area contributed by atoms with Crippen LogP contribution >= 0.6 is 0 Å². The third kappa shape index (κ3) is 13.5. The summed E-state index contributed by atoms with van der Waals surface area (Å²) in [4.78, 5) is 58.6. The smallest absolute Gasteiger partial charge is 0.408 e. The fourth-order valence-corrected chi connectivity index (χ4v) is 6.01. The van der Waals surface area contributed by atoms with Gasteiger partial charge in [0.05, 0.1) is 25.6 Å². The van der Waals surface area contributed by atoms with E-state index in [1.54, 1.807) is 51.8 Å². The lowest BCUT2D eigenvalue weighted by Gasteiger charge is -2.33. The van der Waals surface area contributed by atoms with Crippen LogP contribution in [0, 0.1) is 11.8 Å². The largest absolute Gasteiger partial charge is 0.497 e. The van der Waals surface area contributed by atoms with Crippen molar-refractivity contribution in [2.24, 2.45) is 11.8 Å². The average molecular weight is 770 g/mol. The molecule has 14 nitrogen and oxygen atoms in total. The average Bonchev–Trinajstić information content (AvgIpc) is 3.72. The third-order valence-electron chi connectivity index (χ3n) is 9.26. The number of nitrogens with one attached hydrogen (secondary N) is 5. The van der Waals surface area contributed by atoms with E-state index in [9.17, 15) is 24.3 Å². The number of carbonyl (C=O) groups excluding carboxylic acids is 4. The Hall–Kier alpha value is -5.73. The standard InChI is InChI=1S/C42H55N7O7/c1-28(2)35(39(51)44-21-23-49-22-20-43-27-49)47-41(53)37(45-25-31-16-18-33(55-5)19-17-31)38(50)34(24-30-12-8-6-9-13-30)46-40(52)36(29(3)4)48-42(54)56-26-32-14-10-7-11-15-32/h6-20,22,27-29,34-38,45,50H,21,23-26H2,1-5H3,(H,44,51)(H,46,52)(H,47,53)(H,48,54)/t34-,35-,36-,37+,38+/m0/s1. The quantitative estimate of drug-likeness (QED) is 0.0740. The highest BCUT2D eigenvalue weighted by Crippen LogP contribution is 2.15. The van der Waals surface area contributed by atoms with Gasteiger partial charge in [-0.3, -0.25) is 19.7 Å². The summed E-state index contributed by atoms with van der Waals surface area (Å²) in [5, 5.41) is 26.7. The normalized spacial score (nSPS) is 13.9. The number of aromatic nitrogens is 2. The molecule has 0 aliphatic heterocycles. The topological polar surface area (TPSA) is 185 Å². The molecule has 0 radical (unpaired) electrons. The molecule has 56 heavy (non-hydrogen) atoms. The zero-order valence-electron chi connectivity index (χ0n) is 32.7. The second-order valence-electron chi connectivity index (χ2n) is 14.3. The van der Waals surface area contributed by atoms with Gasteiger partial charge in [-0.15, -0.1) is 0 Å². The van der Waals surface area contributed by atoms with Gasteiger partial charge >= 0.3 is 6.09 Å². The van der Waals surface area contributed by atoms with Gasteiger partial charge in [0.15, 0.2) is 0 Å². The number of carbonyl (C=O) groups is 4. The molecule has 0 fully saturated rings. The van der Waals surface area contributed by atoms with Crippen molar-refractivity contribution in [1.82, 2.24) is 36.1 Å². The van der Waals surface area contributed by atoms with E-state index in [1.165, 1.54) is 0 Å². The molecular formula is C42H55N7O7. The Morgan fingerprint density at radius 3 is 1.93 bits per heavy atom. The number of aliphatic hydroxyl groups is 1. The number of ether oxygens (including phenoxy) is 2. The van der Waals surface area contributed by atoms with E-state index < -0.39 is 48.2 Å². The molecule has 0 spiro atoms. The minimum atomic E-state index is -1.51. The number of hydrogen-bond donors (Lipinski definition) is 6. The Morgan fingerprint density at radius 2 is 1.34 bits per heavy atom. The molecule has 0 aliphatic rings. The fourth-order valence-electron chi connectivity index (χ4n) is 6.01. The van der Waals surface area contributed by atoms with Gasteiger partial charge in [-0.05, 0) is 47.1 Å². The lowest BCUT2D eigenvalue weighted by Crippen LogP contribution is -2.63. The monoisotopic (exact) mass is 769 g/mol. The van der Waals surface area contributed by atoms with E-state index in [4.69, 9.17) is 9.47 Å². The van der Waals surface area contributed by atoms with Crippen molar-refractivity contribution in [3.8, 4) is 5.75 Å². The van der Waals surface area contributed by atoms with E-state index in [0.717, 1.165) is 16.7 Å². The van der Waals surface area contributed by atoms with Gasteiger partial charge in [0.1, 0.15) is 30.5 Å². The molecule has 1 heterocycles. The Bertz CT molecular complexity index is 1790. The minimum absolute atomic E-state index is 0.0190. The highest BCUT2D eigenvalue weighted by molar-refractivity contribution is 5.90. The van der Waals surface area contributed by atoms with Crippen LogP contribution < -0.4 is 31.3 Å². The number of rotatable bonds is 21. The van der Waals surface area contributed by atoms with Crippen LogP contribution in [0.4, 0.5) is 4.79 Å². The van der Waals surface area contributed by atoms with Crippen LogP contribution in [0.25, 0.3) is 0 Å². The Balaban J connectivity index is 1.57. The molecule has 3 aromatic carbocycles. The van der Waals surface area contributed by atoms with Gasteiger partial charge in [0.25, 0.3) is 0 Å². The summed E-state index contributed by atoms with van der Waals surface area (Å²) in [6.45, 7) is 8.19. The first-order valence-electron chi connectivity index (χ1n) is 18.8. The third-order valence-corrected chi connectivity index (χ3v) is 9.26. The summed E-state index contributed by atoms with van der Waals surface area (Å²) in [5.74, 6) is -1.58. The van der Waals surface area contributed by atoms with Crippen molar-refractivity contribution in [3.05, 3.63) is 120 Å². The molecule has 4 aromatic rings. The summed E-state index contributed by atoms with van der Waals surface area (Å²) in [6.07, 6.45) is 2.95. The van der Waals surface area contributed by atoms with E-state index >= 15 is 0 Å². The number of imidazole rings is 1. The molecule has 300 valence electrons. The van der Waals surface area contributed by atoms with Gasteiger partial charge in [0.2, 0.25) is 17.7 Å². The lowest BCUT2D eigenvalue weighted by molar-refractivity contribution is -0.134. The van der Waals surface area contributed by atoms with Gasteiger partial charge in [-0.25, -0.2) is 9.78 Å². The van der Waals surface area contributed by atoms with Gasteiger partial charge in [-0.2, -0.15) is 0 Å². The van der Waals surface area contributed by atoms with Crippen molar-refractivity contribution in [3.63, 3.8) is 0 Å². The molecule has 14 heteroatoms. The van der Waals surface area contributed by atoms with Crippen molar-refractivity contribution in [2.45, 2.75) is 84.1 Å². The molecule has 0 saturated carbocycles. The van der Waals surface area contributed by atoms with Crippen molar-refractivity contribution in [2.75, 3.05) is 13.7 Å². The van der Waals surface area contributed by atoms with Crippen molar-refractivity contribution < 1.29 is 33.8 Å². The van der Waals surface area contributed by atoms with Gasteiger partial charge in [-0.1, -0.05) is 100 Å². The highest BCUT2D eigenvalue weighted by Gasteiger charge is 2.38. The second kappa shape index (κ2) is 22.0. The number of amides is 4. The maximum atomic E-state index is 14.3. The number of hydrogen-bond acceptors (Lipinski definition) is 9. The van der Waals surface area contributed by atoms with Crippen molar-refractivity contribution >= 4 is 23.8 Å². The molecule has 0 bridgehead atoms. The molecule has 4 amide bonds. The number of aliphatic hydroxyl groups excluding tert-OH is 1. The predicted molar refractivity (Wildman–Crippen MR) is 212 cm³/mol. The zero-order chi connectivity index (χ0) is 40.5.